The van der Waals surface area contributed by atoms with Gasteiger partial charge in [-0.25, -0.2) is 4.98 Å². The van der Waals surface area contributed by atoms with Crippen LogP contribution in [0.15, 0.2) is 66.0 Å². The first-order chi connectivity index (χ1) is 15.3. The molecule has 0 aliphatic carbocycles. The standard InChI is InChI=1S/C23H22N6O3/c1-14-4-11-20(25-13-14)27-23(31)18-12-17(28-32)9-10-19(18)26-22(30)16-7-5-15(6-8-16)21(24)29(2)3/h4-13,24H,1-3H3,(H,26,30)(H,25,27,31). The van der Waals surface area contributed by atoms with E-state index in [1.807, 2.05) is 6.92 Å². The second-order valence-electron chi connectivity index (χ2n) is 7.27. The Morgan fingerprint density at radius 1 is 0.938 bits per heavy atom. The van der Waals surface area contributed by atoms with E-state index in [1.54, 1.807) is 61.6 Å². The van der Waals surface area contributed by atoms with Crippen molar-refractivity contribution in [1.29, 1.82) is 5.41 Å². The van der Waals surface area contributed by atoms with Crippen molar-refractivity contribution in [3.8, 4) is 0 Å². The fourth-order valence-electron chi connectivity index (χ4n) is 2.84. The van der Waals surface area contributed by atoms with Gasteiger partial charge in [0, 0.05) is 31.4 Å². The molecule has 9 heteroatoms. The molecule has 0 aliphatic rings. The Kier molecular flexibility index (Phi) is 6.69. The van der Waals surface area contributed by atoms with Gasteiger partial charge in [0.05, 0.1) is 11.3 Å². The van der Waals surface area contributed by atoms with Crippen molar-refractivity contribution in [3.63, 3.8) is 0 Å². The normalized spacial score (nSPS) is 10.2. The molecule has 3 rings (SSSR count). The Labute approximate surface area is 185 Å². The van der Waals surface area contributed by atoms with Crippen LogP contribution in [0.25, 0.3) is 0 Å². The summed E-state index contributed by atoms with van der Waals surface area (Å²) in [6.07, 6.45) is 1.61. The van der Waals surface area contributed by atoms with Crippen molar-refractivity contribution in [2.75, 3.05) is 24.7 Å². The van der Waals surface area contributed by atoms with E-state index in [-0.39, 0.29) is 16.9 Å². The number of aryl methyl sites for hydroxylation is 1. The van der Waals surface area contributed by atoms with E-state index in [0.29, 0.717) is 22.8 Å². The van der Waals surface area contributed by atoms with Gasteiger partial charge in [-0.3, -0.25) is 15.0 Å². The molecular formula is C23H22N6O3. The van der Waals surface area contributed by atoms with E-state index in [9.17, 15) is 14.5 Å². The minimum absolute atomic E-state index is 0.0524. The molecule has 3 aromatic rings. The number of nitrogens with zero attached hydrogens (tertiary/aromatic N) is 3. The highest BCUT2D eigenvalue weighted by Gasteiger charge is 2.17. The smallest absolute Gasteiger partial charge is 0.259 e. The molecule has 0 saturated carbocycles. The molecule has 0 saturated heterocycles. The number of nitrogens with one attached hydrogen (secondary N) is 3. The molecule has 0 fully saturated rings. The Hall–Kier alpha value is -4.40. The van der Waals surface area contributed by atoms with Crippen LogP contribution >= 0.6 is 0 Å². The van der Waals surface area contributed by atoms with Crippen LogP contribution in [-0.2, 0) is 0 Å². The molecule has 2 aromatic carbocycles. The maximum absolute atomic E-state index is 12.8. The number of hydrogen-bond acceptors (Lipinski definition) is 6. The van der Waals surface area contributed by atoms with Gasteiger partial charge in [0.15, 0.2) is 0 Å². The van der Waals surface area contributed by atoms with Crippen molar-refractivity contribution in [3.05, 3.63) is 88.0 Å². The monoisotopic (exact) mass is 430 g/mol. The Morgan fingerprint density at radius 2 is 1.62 bits per heavy atom. The summed E-state index contributed by atoms with van der Waals surface area (Å²) >= 11 is 0. The van der Waals surface area contributed by atoms with Crippen LogP contribution in [0.4, 0.5) is 17.2 Å². The van der Waals surface area contributed by atoms with Crippen molar-refractivity contribution in [1.82, 2.24) is 9.88 Å². The molecular weight excluding hydrogens is 408 g/mol. The lowest BCUT2D eigenvalue weighted by Gasteiger charge is -2.14. The quantitative estimate of drug-likeness (QED) is 0.307. The summed E-state index contributed by atoms with van der Waals surface area (Å²) in [6, 6.07) is 14.1. The van der Waals surface area contributed by atoms with E-state index < -0.39 is 11.8 Å². The summed E-state index contributed by atoms with van der Waals surface area (Å²) in [4.78, 5) is 42.3. The zero-order valence-electron chi connectivity index (χ0n) is 17.8. The Balaban J connectivity index is 1.83. The minimum Gasteiger partial charge on any atom is -0.363 e. The van der Waals surface area contributed by atoms with Crippen molar-refractivity contribution >= 4 is 34.8 Å². The molecule has 0 spiro atoms. The molecule has 1 heterocycles. The van der Waals surface area contributed by atoms with Gasteiger partial charge in [-0.1, -0.05) is 18.2 Å². The molecule has 0 unspecified atom stereocenters. The number of benzene rings is 2. The van der Waals surface area contributed by atoms with Crippen LogP contribution in [0.2, 0.25) is 0 Å². The van der Waals surface area contributed by atoms with Gasteiger partial charge >= 0.3 is 0 Å². The number of carbonyl (C=O) groups is 2. The van der Waals surface area contributed by atoms with Gasteiger partial charge in [-0.2, -0.15) is 0 Å². The second kappa shape index (κ2) is 9.61. The van der Waals surface area contributed by atoms with Crippen molar-refractivity contribution in [2.45, 2.75) is 6.92 Å². The van der Waals surface area contributed by atoms with E-state index in [2.05, 4.69) is 20.8 Å². The number of rotatable bonds is 6. The number of anilines is 2. The maximum atomic E-state index is 12.8. The van der Waals surface area contributed by atoms with E-state index >= 15 is 0 Å². The maximum Gasteiger partial charge on any atom is 0.259 e. The molecule has 2 amide bonds. The number of nitroso groups, excluding NO2 is 1. The van der Waals surface area contributed by atoms with Crippen molar-refractivity contribution in [2.24, 2.45) is 5.18 Å². The van der Waals surface area contributed by atoms with Gasteiger partial charge in [0.25, 0.3) is 11.8 Å². The van der Waals surface area contributed by atoms with Gasteiger partial charge in [0.1, 0.15) is 17.3 Å². The molecule has 9 nitrogen and oxygen atoms in total. The fourth-order valence-corrected chi connectivity index (χ4v) is 2.84. The fraction of sp³-hybridized carbons (Fsp3) is 0.130. The average molecular weight is 430 g/mol. The summed E-state index contributed by atoms with van der Waals surface area (Å²) in [7, 11) is 3.53. The molecule has 0 radical (unpaired) electrons. The number of hydrogen-bond donors (Lipinski definition) is 3. The van der Waals surface area contributed by atoms with Gasteiger partial charge < -0.3 is 15.5 Å². The predicted octanol–water partition coefficient (Wildman–Crippen LogP) is 4.18. The molecule has 162 valence electrons. The molecule has 0 bridgehead atoms. The van der Waals surface area contributed by atoms with E-state index in [4.69, 9.17) is 5.41 Å². The Bertz CT molecular complexity index is 1170. The van der Waals surface area contributed by atoms with Gasteiger partial charge in [-0.15, -0.1) is 4.91 Å². The molecule has 0 aliphatic heterocycles. The molecule has 1 aromatic heterocycles. The zero-order chi connectivity index (χ0) is 23.3. The minimum atomic E-state index is -0.545. The first-order valence-electron chi connectivity index (χ1n) is 9.67. The molecule has 32 heavy (non-hydrogen) atoms. The van der Waals surface area contributed by atoms with Gasteiger partial charge in [0.2, 0.25) is 0 Å². The Morgan fingerprint density at radius 3 is 2.22 bits per heavy atom. The third kappa shape index (κ3) is 5.20. The highest BCUT2D eigenvalue weighted by molar-refractivity contribution is 6.13. The largest absolute Gasteiger partial charge is 0.363 e. The third-order valence-corrected chi connectivity index (χ3v) is 4.62. The molecule has 3 N–H and O–H groups in total. The van der Waals surface area contributed by atoms with Crippen LogP contribution in [0.3, 0.4) is 0 Å². The number of aromatic nitrogens is 1. The summed E-state index contributed by atoms with van der Waals surface area (Å²) in [5, 5.41) is 16.2. The van der Waals surface area contributed by atoms with Crippen LogP contribution in [-0.4, -0.2) is 41.6 Å². The third-order valence-electron chi connectivity index (χ3n) is 4.62. The number of pyridine rings is 1. The van der Waals surface area contributed by atoms with Crippen LogP contribution < -0.4 is 10.6 Å². The lowest BCUT2D eigenvalue weighted by molar-refractivity contribution is 0.102. The second-order valence-corrected chi connectivity index (χ2v) is 7.27. The highest BCUT2D eigenvalue weighted by Crippen LogP contribution is 2.24. The lowest BCUT2D eigenvalue weighted by Crippen LogP contribution is -2.22. The van der Waals surface area contributed by atoms with Crippen LogP contribution in [0.5, 0.6) is 0 Å². The number of amidine groups is 1. The van der Waals surface area contributed by atoms with Crippen molar-refractivity contribution < 1.29 is 9.59 Å². The first kappa shape index (κ1) is 22.3. The van der Waals surface area contributed by atoms with Gasteiger partial charge in [-0.05, 0) is 54.1 Å². The predicted molar refractivity (Wildman–Crippen MR) is 124 cm³/mol. The molecule has 0 atom stereocenters. The highest BCUT2D eigenvalue weighted by atomic mass is 16.3. The lowest BCUT2D eigenvalue weighted by atomic mass is 10.1. The first-order valence-corrected chi connectivity index (χ1v) is 9.67. The zero-order valence-corrected chi connectivity index (χ0v) is 17.8. The van der Waals surface area contributed by atoms with E-state index in [0.717, 1.165) is 5.56 Å². The summed E-state index contributed by atoms with van der Waals surface area (Å²) < 4.78 is 0. The van der Waals surface area contributed by atoms with Crippen LogP contribution in [0.1, 0.15) is 31.8 Å². The summed E-state index contributed by atoms with van der Waals surface area (Å²) in [5.41, 5.74) is 2.30. The number of carbonyl (C=O) groups excluding carboxylic acids is 2. The summed E-state index contributed by atoms with van der Waals surface area (Å²) in [5.74, 6) is -0.335. The van der Waals surface area contributed by atoms with E-state index in [1.165, 1.54) is 18.2 Å². The summed E-state index contributed by atoms with van der Waals surface area (Å²) in [6.45, 7) is 1.88. The topological polar surface area (TPSA) is 128 Å². The number of amides is 2. The van der Waals surface area contributed by atoms with Crippen LogP contribution in [0, 0.1) is 17.2 Å². The average Bonchev–Trinajstić information content (AvgIpc) is 2.80. The SMILES string of the molecule is Cc1ccc(NC(=O)c2cc(N=O)ccc2NC(=O)c2ccc(C(=N)N(C)C)cc2)nc1.